The van der Waals surface area contributed by atoms with Gasteiger partial charge in [-0.3, -0.25) is 10.1 Å². The van der Waals surface area contributed by atoms with Crippen molar-refractivity contribution in [3.63, 3.8) is 0 Å². The van der Waals surface area contributed by atoms with Crippen LogP contribution in [0.4, 0.5) is 15.9 Å². The summed E-state index contributed by atoms with van der Waals surface area (Å²) in [6, 6.07) is 0. The zero-order valence-corrected chi connectivity index (χ0v) is 19.9. The third kappa shape index (κ3) is 3.67. The first-order valence-corrected chi connectivity index (χ1v) is 8.78. The smallest absolute Gasteiger partial charge is 0.391 e. The maximum absolute atomic E-state index is 15.3. The van der Waals surface area contributed by atoms with Crippen LogP contribution in [0.1, 0.15) is 6.42 Å². The Morgan fingerprint density at radius 1 is 1.31 bits per heavy atom. The van der Waals surface area contributed by atoms with Gasteiger partial charge in [-0.2, -0.15) is 5.10 Å². The fraction of sp³-hybridized carbons (Fsp3) is 0.222. The second kappa shape index (κ2) is 8.46. The summed E-state index contributed by atoms with van der Waals surface area (Å²) in [5.74, 6) is -0.202. The molecule has 1 aromatic carbocycles. The van der Waals surface area contributed by atoms with Gasteiger partial charge in [0, 0.05) is 30.2 Å². The topological polar surface area (TPSA) is 108 Å². The van der Waals surface area contributed by atoms with Crippen LogP contribution in [0, 0.1) is 13.2 Å². The number of H-pyrrole nitrogens is 1. The van der Waals surface area contributed by atoms with Gasteiger partial charge in [-0.05, 0) is 6.42 Å². The second-order valence-electron chi connectivity index (χ2n) is 6.60. The number of nitrogen functional groups attached to an aromatic ring is 1. The van der Waals surface area contributed by atoms with Crippen molar-refractivity contribution in [2.75, 3.05) is 23.7 Å². The number of β-amino-alcohol motifs (C(OH)–C–C–N with tert-alkyl or cyclic N) is 1. The average molecular weight is 442 g/mol. The van der Waals surface area contributed by atoms with Crippen molar-refractivity contribution >= 4 is 39.7 Å². The van der Waals surface area contributed by atoms with Crippen LogP contribution in [-0.4, -0.2) is 48.9 Å². The molecule has 0 amide bonds. The van der Waals surface area contributed by atoms with Crippen LogP contribution in [0.5, 0.6) is 0 Å². The van der Waals surface area contributed by atoms with E-state index in [4.69, 9.17) is 17.3 Å². The van der Waals surface area contributed by atoms with Gasteiger partial charge >= 0.3 is 51.4 Å². The zero-order chi connectivity index (χ0) is 18.7. The molecule has 1 fully saturated rings. The van der Waals surface area contributed by atoms with E-state index in [1.807, 2.05) is 0 Å². The van der Waals surface area contributed by atoms with Gasteiger partial charge in [0.25, 0.3) is 0 Å². The van der Waals surface area contributed by atoms with Gasteiger partial charge in [0.05, 0.1) is 40.9 Å². The van der Waals surface area contributed by atoms with Gasteiger partial charge in [-0.1, -0.05) is 11.6 Å². The first kappa shape index (κ1) is 22.4. The number of rotatable bonds is 2. The van der Waals surface area contributed by atoms with E-state index in [-0.39, 0.29) is 63.8 Å². The third-order valence-electron chi connectivity index (χ3n) is 4.86. The minimum atomic E-state index is -0.565. The minimum absolute atomic E-state index is 0. The normalized spacial score (nSPS) is 16.2. The first-order chi connectivity index (χ1) is 13.0. The number of anilines is 2. The van der Waals surface area contributed by atoms with Crippen LogP contribution in [0.3, 0.4) is 0 Å². The van der Waals surface area contributed by atoms with Crippen molar-refractivity contribution in [3.8, 4) is 11.3 Å². The molecule has 1 aliphatic heterocycles. The van der Waals surface area contributed by atoms with Crippen molar-refractivity contribution in [3.05, 3.63) is 43.1 Å². The van der Waals surface area contributed by atoms with E-state index in [9.17, 15) is 5.11 Å². The van der Waals surface area contributed by atoms with Crippen LogP contribution in [0.15, 0.2) is 24.8 Å². The summed E-state index contributed by atoms with van der Waals surface area (Å²) in [6.07, 6.45) is 6.59. The zero-order valence-electron chi connectivity index (χ0n) is 16.0. The van der Waals surface area contributed by atoms with E-state index in [1.54, 1.807) is 34.1 Å². The largest absolute Gasteiger partial charge is 1.00 e. The number of fused-ring (bicyclic) bond motifs is 2. The van der Waals surface area contributed by atoms with E-state index in [1.165, 1.54) is 0 Å². The Labute approximate surface area is 213 Å². The number of aliphatic hydroxyl groups is 1. The molecule has 0 radical (unpaired) electrons. The first-order valence-electron chi connectivity index (χ1n) is 8.40. The van der Waals surface area contributed by atoms with Crippen molar-refractivity contribution in [2.45, 2.75) is 12.5 Å². The number of imidazole rings is 1. The Hall–Kier alpha value is -1.27. The second-order valence-corrected chi connectivity index (χ2v) is 6.98. The van der Waals surface area contributed by atoms with Gasteiger partial charge in [0.1, 0.15) is 11.5 Å². The Kier molecular flexibility index (Phi) is 6.54. The molecule has 8 nitrogen and oxygen atoms in total. The fourth-order valence-electron chi connectivity index (χ4n) is 3.64. The van der Waals surface area contributed by atoms with Crippen LogP contribution < -0.4 is 62.0 Å². The fourth-order valence-corrected chi connectivity index (χ4v) is 3.93. The predicted octanol–water partition coefficient (Wildman–Crippen LogP) is -0.327. The summed E-state index contributed by atoms with van der Waals surface area (Å²) in [5.41, 5.74) is 8.06. The number of aromatic nitrogens is 5. The number of halogens is 2. The maximum Gasteiger partial charge on any atom is 1.00 e. The Bertz CT molecular complexity index is 1190. The molecule has 4 N–H and O–H groups in total. The number of hydrogen-bond acceptors (Lipinski definition) is 6. The van der Waals surface area contributed by atoms with Crippen molar-refractivity contribution in [2.24, 2.45) is 0 Å². The molecule has 1 saturated heterocycles. The molecule has 11 heteroatoms. The Balaban J connectivity index is 0.00000120. The van der Waals surface area contributed by atoms with Crippen molar-refractivity contribution in [1.29, 1.82) is 0 Å². The van der Waals surface area contributed by atoms with Crippen LogP contribution >= 0.6 is 11.6 Å². The van der Waals surface area contributed by atoms with E-state index >= 15 is 4.39 Å². The number of aliphatic hydroxyl groups excluding tert-OH is 1. The molecule has 29 heavy (non-hydrogen) atoms. The van der Waals surface area contributed by atoms with Crippen molar-refractivity contribution < 1.29 is 60.9 Å². The van der Waals surface area contributed by atoms with Gasteiger partial charge in [-0.15, -0.1) is 0 Å². The van der Waals surface area contributed by atoms with E-state index in [0.717, 1.165) is 0 Å². The Morgan fingerprint density at radius 2 is 2.10 bits per heavy atom. The number of benzene rings is 1. The van der Waals surface area contributed by atoms with Crippen LogP contribution in [-0.2, 0) is 0 Å². The number of hydrogen-bond donors (Lipinski definition) is 3. The number of nitrogens with one attached hydrogen (secondary N) is 1. The minimum Gasteiger partial charge on any atom is -0.391 e. The van der Waals surface area contributed by atoms with Crippen molar-refractivity contribution in [1.82, 2.24) is 24.6 Å². The average Bonchev–Trinajstić information content (AvgIpc) is 3.35. The van der Waals surface area contributed by atoms with Gasteiger partial charge in [-0.25, -0.2) is 9.37 Å². The number of nitrogens with two attached hydrogens (primary N) is 1. The summed E-state index contributed by atoms with van der Waals surface area (Å²) < 4.78 is 17.0. The summed E-state index contributed by atoms with van der Waals surface area (Å²) in [7, 11) is 0. The summed E-state index contributed by atoms with van der Waals surface area (Å²) in [4.78, 5) is 10.3. The number of nitrogens with zero attached hydrogens (tertiary/aromatic N) is 5. The molecule has 0 aliphatic carbocycles. The molecule has 4 aromatic rings. The molecule has 0 spiro atoms. The van der Waals surface area contributed by atoms with E-state index < -0.39 is 11.9 Å². The summed E-state index contributed by atoms with van der Waals surface area (Å²) >= 11 is 6.44. The molecular weight excluding hydrogens is 424 g/mol. The Morgan fingerprint density at radius 3 is 2.83 bits per heavy atom. The predicted molar refractivity (Wildman–Crippen MR) is 107 cm³/mol. The summed E-state index contributed by atoms with van der Waals surface area (Å²) in [6.45, 7) is 0.889. The molecule has 0 bridgehead atoms. The maximum atomic E-state index is 15.3. The third-order valence-corrected chi connectivity index (χ3v) is 5.22. The molecule has 5 rings (SSSR count). The monoisotopic (exact) mass is 441 g/mol. The molecule has 3 aromatic heterocycles. The molecule has 4 heterocycles. The molecular formula is C18H18ClFKN7O. The van der Waals surface area contributed by atoms with Gasteiger partial charge in [0.15, 0.2) is 11.5 Å². The summed E-state index contributed by atoms with van der Waals surface area (Å²) in [5, 5.41) is 17.4. The molecule has 0 saturated carbocycles. The SMILES string of the molecule is Nc1cn2cc(-c3c(Cl)c(F)c(N4CCC(O)C4)c4[nH]ncc34)ncc2n1.[CH3-].[K+]. The standard InChI is InChI=1S/C17H15ClFN7O.CH3.K/c18-14-13(10-6-26-7-11(20)23-12(26)4-21-10)9-3-22-24-16(9)17(15(14)19)25-2-1-8(27)5-25;;/h3-4,6-8,27H,1-2,5,20H2,(H,22,24);1H3;/q;-1;+1. The molecule has 146 valence electrons. The van der Waals surface area contributed by atoms with E-state index in [0.29, 0.717) is 58.8 Å². The number of aromatic amines is 1. The molecule has 1 unspecified atom stereocenters. The molecule has 1 atom stereocenters. The van der Waals surface area contributed by atoms with Gasteiger partial charge < -0.3 is 27.6 Å². The molecule has 1 aliphatic rings. The van der Waals surface area contributed by atoms with E-state index in [2.05, 4.69) is 20.2 Å². The van der Waals surface area contributed by atoms with Gasteiger partial charge in [0.2, 0.25) is 0 Å². The van der Waals surface area contributed by atoms with Crippen LogP contribution in [0.25, 0.3) is 27.8 Å². The quantitative estimate of drug-likeness (QED) is 0.290. The van der Waals surface area contributed by atoms with Crippen LogP contribution in [0.2, 0.25) is 5.02 Å².